The smallest absolute Gasteiger partial charge is 0.311 e. The van der Waals surface area contributed by atoms with Crippen LogP contribution in [0.2, 0.25) is 0 Å². The van der Waals surface area contributed by atoms with Gasteiger partial charge >= 0.3 is 6.18 Å². The van der Waals surface area contributed by atoms with Crippen LogP contribution in [0, 0.1) is 11.8 Å². The van der Waals surface area contributed by atoms with Gasteiger partial charge in [0.15, 0.2) is 6.67 Å². The van der Waals surface area contributed by atoms with E-state index in [-0.39, 0.29) is 23.7 Å². The highest BCUT2D eigenvalue weighted by Gasteiger charge is 2.48. The number of carbonyl (C=O) groups excluding carboxylic acids is 2. The maximum absolute atomic E-state index is 12.7. The number of fused-ring (bicyclic) bond motifs is 1. The average molecular weight is 396 g/mol. The van der Waals surface area contributed by atoms with Gasteiger partial charge in [-0.2, -0.15) is 13.2 Å². The van der Waals surface area contributed by atoms with Gasteiger partial charge in [-0.3, -0.25) is 14.5 Å². The summed E-state index contributed by atoms with van der Waals surface area (Å²) in [6.45, 7) is 3.07. The number of allylic oxidation sites excluding steroid dienone is 2. The molecular formula is C19H23F3N4O2+2. The molecule has 2 amide bonds. The van der Waals surface area contributed by atoms with Crippen molar-refractivity contribution >= 4 is 17.6 Å². The van der Waals surface area contributed by atoms with Crippen molar-refractivity contribution in [3.05, 3.63) is 36.0 Å². The summed E-state index contributed by atoms with van der Waals surface area (Å²) in [7, 11) is 0. The molecule has 3 aliphatic rings. The minimum atomic E-state index is -4.36. The van der Waals surface area contributed by atoms with Gasteiger partial charge < -0.3 is 4.90 Å². The number of nitrogens with one attached hydrogen (secondary N) is 2. The lowest BCUT2D eigenvalue weighted by Gasteiger charge is -2.30. The monoisotopic (exact) mass is 396 g/mol. The largest absolute Gasteiger partial charge is 0.419 e. The summed E-state index contributed by atoms with van der Waals surface area (Å²) < 4.78 is 38.0. The minimum Gasteiger partial charge on any atom is -0.311 e. The maximum Gasteiger partial charge on any atom is 0.419 e. The van der Waals surface area contributed by atoms with E-state index in [0.29, 0.717) is 51.5 Å². The van der Waals surface area contributed by atoms with Gasteiger partial charge in [-0.25, -0.2) is 9.88 Å². The first-order valence-corrected chi connectivity index (χ1v) is 9.52. The fourth-order valence-electron chi connectivity index (χ4n) is 4.26. The second-order valence-electron chi connectivity index (χ2n) is 7.62. The van der Waals surface area contributed by atoms with Crippen LogP contribution in [0.4, 0.5) is 19.0 Å². The lowest BCUT2D eigenvalue weighted by molar-refractivity contribution is -0.908. The number of carbonyl (C=O) groups is 2. The molecule has 1 aromatic rings. The highest BCUT2D eigenvalue weighted by molar-refractivity contribution is 6.05. The number of hydrogen-bond acceptors (Lipinski definition) is 3. The fraction of sp³-hybridized carbons (Fsp3) is 0.526. The topological polar surface area (TPSA) is 59.2 Å². The van der Waals surface area contributed by atoms with Gasteiger partial charge in [0.1, 0.15) is 32.4 Å². The molecule has 0 unspecified atom stereocenters. The molecule has 2 N–H and O–H groups in total. The number of H-pyrrole nitrogens is 1. The molecule has 0 aromatic carbocycles. The number of pyridine rings is 1. The lowest BCUT2D eigenvalue weighted by Crippen LogP contribution is -3.16. The van der Waals surface area contributed by atoms with Crippen LogP contribution in [0.5, 0.6) is 0 Å². The molecule has 0 saturated carbocycles. The van der Waals surface area contributed by atoms with E-state index in [4.69, 9.17) is 0 Å². The first kappa shape index (κ1) is 18.9. The van der Waals surface area contributed by atoms with Crippen molar-refractivity contribution in [3.8, 4) is 0 Å². The summed E-state index contributed by atoms with van der Waals surface area (Å²) in [5, 5.41) is 0. The molecule has 2 aliphatic heterocycles. The Hall–Kier alpha value is -2.42. The number of quaternary nitrogens is 1. The SMILES string of the molecule is O=C1[C@H]2CC=CC[C@@H]2C(=O)N1C[NH+]1CCN(c2ccc(C(F)(F)F)c[nH+]2)CC1. The molecule has 3 heterocycles. The highest BCUT2D eigenvalue weighted by atomic mass is 19.4. The second-order valence-corrected chi connectivity index (χ2v) is 7.62. The highest BCUT2D eigenvalue weighted by Crippen LogP contribution is 2.34. The Labute approximate surface area is 160 Å². The van der Waals surface area contributed by atoms with E-state index in [9.17, 15) is 22.8 Å². The van der Waals surface area contributed by atoms with E-state index in [0.717, 1.165) is 17.2 Å². The van der Waals surface area contributed by atoms with Crippen molar-refractivity contribution in [2.45, 2.75) is 19.0 Å². The summed E-state index contributed by atoms with van der Waals surface area (Å²) in [6, 6.07) is 2.52. The van der Waals surface area contributed by atoms with E-state index in [1.165, 1.54) is 11.0 Å². The second kappa shape index (κ2) is 7.20. The number of amides is 2. The summed E-state index contributed by atoms with van der Waals surface area (Å²) in [5.74, 6) is 0.0908. The number of hydrogen-bond donors (Lipinski definition) is 1. The Balaban J connectivity index is 1.33. The molecule has 0 radical (unpaired) electrons. The zero-order chi connectivity index (χ0) is 19.9. The minimum absolute atomic E-state index is 0.0645. The van der Waals surface area contributed by atoms with Gasteiger partial charge in [-0.1, -0.05) is 12.2 Å². The van der Waals surface area contributed by atoms with Gasteiger partial charge in [0, 0.05) is 6.07 Å². The van der Waals surface area contributed by atoms with Crippen LogP contribution in [0.25, 0.3) is 0 Å². The van der Waals surface area contributed by atoms with Crippen LogP contribution < -0.4 is 14.8 Å². The number of likely N-dealkylation sites (tertiary alicyclic amines) is 1. The molecule has 2 fully saturated rings. The van der Waals surface area contributed by atoms with Crippen molar-refractivity contribution in [1.82, 2.24) is 4.90 Å². The molecule has 28 heavy (non-hydrogen) atoms. The third kappa shape index (κ3) is 3.50. The first-order chi connectivity index (χ1) is 13.3. The Morgan fingerprint density at radius 2 is 1.64 bits per heavy atom. The summed E-state index contributed by atoms with van der Waals surface area (Å²) in [5.41, 5.74) is -0.706. The molecule has 9 heteroatoms. The van der Waals surface area contributed by atoms with Crippen LogP contribution in [0.3, 0.4) is 0 Å². The van der Waals surface area contributed by atoms with E-state index in [1.54, 1.807) is 0 Å². The Bertz CT molecular complexity index is 759. The molecular weight excluding hydrogens is 373 g/mol. The van der Waals surface area contributed by atoms with Crippen molar-refractivity contribution < 1.29 is 32.6 Å². The molecule has 0 bridgehead atoms. The van der Waals surface area contributed by atoms with Crippen LogP contribution in [-0.2, 0) is 15.8 Å². The maximum atomic E-state index is 12.7. The van der Waals surface area contributed by atoms with Gasteiger partial charge in [0.05, 0.1) is 17.4 Å². The summed E-state index contributed by atoms with van der Waals surface area (Å²) in [4.78, 5) is 32.4. The molecule has 4 rings (SSSR count). The number of aromatic amines is 1. The number of aromatic nitrogens is 1. The van der Waals surface area contributed by atoms with Crippen LogP contribution in [0.15, 0.2) is 30.5 Å². The van der Waals surface area contributed by atoms with E-state index < -0.39 is 11.7 Å². The standard InChI is InChI=1S/C19H21F3N4O2/c20-19(21,22)13-5-6-16(23-11-13)25-9-7-24(8-10-25)12-26-17(27)14-3-1-2-4-15(14)18(26)28/h1-2,5-6,11,14-15H,3-4,7-10,12H2/p+2/t14-,15-/m0/s1. The third-order valence-corrected chi connectivity index (χ3v) is 5.92. The quantitative estimate of drug-likeness (QED) is 0.584. The average Bonchev–Trinajstić information content (AvgIpc) is 2.93. The number of anilines is 1. The zero-order valence-corrected chi connectivity index (χ0v) is 15.3. The number of nitrogens with zero attached hydrogens (tertiary/aromatic N) is 2. The Kier molecular flexibility index (Phi) is 4.86. The first-order valence-electron chi connectivity index (χ1n) is 9.52. The van der Waals surface area contributed by atoms with Gasteiger partial charge in [0.25, 0.3) is 5.82 Å². The Morgan fingerprint density at radius 3 is 2.14 bits per heavy atom. The van der Waals surface area contributed by atoms with E-state index in [1.807, 2.05) is 17.1 Å². The lowest BCUT2D eigenvalue weighted by atomic mass is 9.85. The normalized spacial score (nSPS) is 26.1. The van der Waals surface area contributed by atoms with Gasteiger partial charge in [0.2, 0.25) is 11.8 Å². The van der Waals surface area contributed by atoms with Crippen LogP contribution in [0.1, 0.15) is 18.4 Å². The van der Waals surface area contributed by atoms with Crippen molar-refractivity contribution in [1.29, 1.82) is 0 Å². The predicted octanol–water partition coefficient (Wildman–Crippen LogP) is 0.133. The molecule has 2 atom stereocenters. The number of alkyl halides is 3. The molecule has 1 aliphatic carbocycles. The fourth-order valence-corrected chi connectivity index (χ4v) is 4.26. The van der Waals surface area contributed by atoms with Crippen molar-refractivity contribution in [3.63, 3.8) is 0 Å². The molecule has 1 aromatic heterocycles. The van der Waals surface area contributed by atoms with Gasteiger partial charge in [-0.15, -0.1) is 0 Å². The van der Waals surface area contributed by atoms with Crippen molar-refractivity contribution in [2.24, 2.45) is 11.8 Å². The van der Waals surface area contributed by atoms with E-state index in [2.05, 4.69) is 4.98 Å². The number of halogens is 3. The number of rotatable bonds is 3. The van der Waals surface area contributed by atoms with E-state index >= 15 is 0 Å². The van der Waals surface area contributed by atoms with Gasteiger partial charge in [-0.05, 0) is 18.9 Å². The van der Waals surface area contributed by atoms with Crippen LogP contribution in [-0.4, -0.2) is 49.6 Å². The molecule has 0 spiro atoms. The predicted molar refractivity (Wildman–Crippen MR) is 93.0 cm³/mol. The third-order valence-electron chi connectivity index (χ3n) is 5.92. The Morgan fingerprint density at radius 1 is 1.04 bits per heavy atom. The molecule has 2 saturated heterocycles. The molecule has 6 nitrogen and oxygen atoms in total. The molecule has 150 valence electrons. The van der Waals surface area contributed by atoms with Crippen molar-refractivity contribution in [2.75, 3.05) is 37.7 Å². The number of piperazine rings is 1. The summed E-state index contributed by atoms with van der Waals surface area (Å²) in [6.07, 6.45) is 1.84. The van der Waals surface area contributed by atoms with Crippen LogP contribution >= 0.6 is 0 Å². The summed E-state index contributed by atoms with van der Waals surface area (Å²) >= 11 is 0. The zero-order valence-electron chi connectivity index (χ0n) is 15.3. The number of imide groups is 1.